The highest BCUT2D eigenvalue weighted by Crippen LogP contribution is 2.55. The average molecular weight is 610 g/mol. The molecule has 2 amide bonds. The second kappa shape index (κ2) is 12.9. The summed E-state index contributed by atoms with van der Waals surface area (Å²) in [6.45, 7) is 3.00. The SMILES string of the molecule is C[C@@H](c1ccccc1)N(C)C[C@@H]1C[C@H](c2ccc(CO)cc2)O[C@H](c2ccc(NC(=O)NC34CC5CC(CC(C5)C3)C4)cc2)O1. The summed E-state index contributed by atoms with van der Waals surface area (Å²) < 4.78 is 13.2. The van der Waals surface area contributed by atoms with E-state index in [1.165, 1.54) is 24.8 Å². The minimum atomic E-state index is -0.540. The van der Waals surface area contributed by atoms with E-state index in [0.29, 0.717) is 0 Å². The van der Waals surface area contributed by atoms with E-state index >= 15 is 0 Å². The molecule has 4 atom stereocenters. The molecule has 0 radical (unpaired) electrons. The Hall–Kier alpha value is -3.23. The third kappa shape index (κ3) is 6.82. The van der Waals surface area contributed by atoms with Crippen LogP contribution in [0.25, 0.3) is 0 Å². The normalized spacial score (nSPS) is 31.1. The number of urea groups is 1. The molecule has 1 saturated heterocycles. The fourth-order valence-corrected chi connectivity index (χ4v) is 8.89. The molecule has 7 heteroatoms. The predicted octanol–water partition coefficient (Wildman–Crippen LogP) is 7.51. The van der Waals surface area contributed by atoms with Gasteiger partial charge in [-0.3, -0.25) is 4.90 Å². The van der Waals surface area contributed by atoms with Crippen molar-refractivity contribution in [1.82, 2.24) is 10.2 Å². The topological polar surface area (TPSA) is 83.1 Å². The van der Waals surface area contributed by atoms with Gasteiger partial charge in [-0.2, -0.15) is 0 Å². The highest BCUT2D eigenvalue weighted by molar-refractivity contribution is 5.89. The van der Waals surface area contributed by atoms with Gasteiger partial charge in [-0.25, -0.2) is 4.79 Å². The smallest absolute Gasteiger partial charge is 0.319 e. The number of amides is 2. The molecule has 1 heterocycles. The number of aliphatic hydroxyl groups excluding tert-OH is 1. The van der Waals surface area contributed by atoms with Crippen LogP contribution in [-0.2, 0) is 16.1 Å². The number of nitrogens with one attached hydrogen (secondary N) is 2. The van der Waals surface area contributed by atoms with Gasteiger partial charge in [0.1, 0.15) is 0 Å². The number of carbonyl (C=O) groups is 1. The first-order valence-electron chi connectivity index (χ1n) is 16.8. The number of likely N-dealkylation sites (N-methyl/N-ethyl adjacent to an activating group) is 1. The Balaban J connectivity index is 1.03. The van der Waals surface area contributed by atoms with Crippen molar-refractivity contribution in [3.05, 3.63) is 101 Å². The van der Waals surface area contributed by atoms with E-state index in [9.17, 15) is 9.90 Å². The number of aliphatic hydroxyl groups is 1. The van der Waals surface area contributed by atoms with Crippen LogP contribution in [0.5, 0.6) is 0 Å². The van der Waals surface area contributed by atoms with Crippen LogP contribution in [0.15, 0.2) is 78.9 Å². The summed E-state index contributed by atoms with van der Waals surface area (Å²) >= 11 is 0. The Morgan fingerprint density at radius 1 is 0.867 bits per heavy atom. The number of nitrogens with zero attached hydrogens (tertiary/aromatic N) is 1. The highest BCUT2D eigenvalue weighted by Gasteiger charge is 2.51. The van der Waals surface area contributed by atoms with Gasteiger partial charge in [0.15, 0.2) is 6.29 Å². The molecule has 7 nitrogen and oxygen atoms in total. The Bertz CT molecular complexity index is 1410. The summed E-state index contributed by atoms with van der Waals surface area (Å²) in [5, 5.41) is 16.0. The van der Waals surface area contributed by atoms with Crippen LogP contribution in [0.1, 0.15) is 92.6 Å². The van der Waals surface area contributed by atoms with E-state index in [-0.39, 0.29) is 36.4 Å². The van der Waals surface area contributed by atoms with Crippen LogP contribution in [-0.4, -0.2) is 41.3 Å². The summed E-state index contributed by atoms with van der Waals surface area (Å²) in [5.74, 6) is 2.36. The van der Waals surface area contributed by atoms with Crippen LogP contribution >= 0.6 is 0 Å². The Morgan fingerprint density at radius 2 is 1.49 bits per heavy atom. The third-order valence-electron chi connectivity index (χ3n) is 10.9. The Kier molecular flexibility index (Phi) is 8.71. The first-order chi connectivity index (χ1) is 21.8. The molecule has 8 rings (SSSR count). The van der Waals surface area contributed by atoms with Crippen molar-refractivity contribution in [2.75, 3.05) is 18.9 Å². The van der Waals surface area contributed by atoms with E-state index in [0.717, 1.165) is 72.4 Å². The molecular weight excluding hydrogens is 562 g/mol. The van der Waals surface area contributed by atoms with Gasteiger partial charge in [0.25, 0.3) is 0 Å². The average Bonchev–Trinajstić information content (AvgIpc) is 3.04. The van der Waals surface area contributed by atoms with Crippen molar-refractivity contribution < 1.29 is 19.4 Å². The molecule has 45 heavy (non-hydrogen) atoms. The number of ether oxygens (including phenoxy) is 2. The first-order valence-corrected chi connectivity index (χ1v) is 16.8. The first kappa shape index (κ1) is 30.4. The summed E-state index contributed by atoms with van der Waals surface area (Å²) in [6, 6.07) is 26.6. The predicted molar refractivity (Wildman–Crippen MR) is 175 cm³/mol. The van der Waals surface area contributed by atoms with E-state index in [2.05, 4.69) is 53.8 Å². The maximum atomic E-state index is 13.1. The van der Waals surface area contributed by atoms with Crippen molar-refractivity contribution >= 4 is 11.7 Å². The molecule has 0 unspecified atom stereocenters. The lowest BCUT2D eigenvalue weighted by atomic mass is 9.53. The van der Waals surface area contributed by atoms with Gasteiger partial charge in [0, 0.05) is 35.8 Å². The zero-order valence-corrected chi connectivity index (χ0v) is 26.5. The summed E-state index contributed by atoms with van der Waals surface area (Å²) in [6.07, 6.45) is 7.45. The molecule has 4 aliphatic carbocycles. The maximum Gasteiger partial charge on any atom is 0.319 e. The van der Waals surface area contributed by atoms with Crippen molar-refractivity contribution in [2.24, 2.45) is 17.8 Å². The summed E-state index contributed by atoms with van der Waals surface area (Å²) in [4.78, 5) is 15.5. The fraction of sp³-hybridized carbons (Fsp3) is 0.500. The monoisotopic (exact) mass is 609 g/mol. The van der Waals surface area contributed by atoms with Gasteiger partial charge in [0.05, 0.1) is 18.8 Å². The molecule has 5 aliphatic rings. The zero-order valence-electron chi connectivity index (χ0n) is 26.5. The van der Waals surface area contributed by atoms with Crippen molar-refractivity contribution in [2.45, 2.75) is 88.6 Å². The fourth-order valence-electron chi connectivity index (χ4n) is 8.89. The van der Waals surface area contributed by atoms with Crippen molar-refractivity contribution in [3.8, 4) is 0 Å². The van der Waals surface area contributed by atoms with Crippen molar-refractivity contribution in [1.29, 1.82) is 0 Å². The van der Waals surface area contributed by atoms with Crippen LogP contribution in [0.3, 0.4) is 0 Å². The molecule has 0 aromatic heterocycles. The largest absolute Gasteiger partial charge is 0.392 e. The second-order valence-corrected chi connectivity index (χ2v) is 14.3. The van der Waals surface area contributed by atoms with Gasteiger partial charge in [-0.15, -0.1) is 0 Å². The highest BCUT2D eigenvalue weighted by atomic mass is 16.7. The van der Waals surface area contributed by atoms with Crippen LogP contribution in [0, 0.1) is 17.8 Å². The van der Waals surface area contributed by atoms with Gasteiger partial charge >= 0.3 is 6.03 Å². The molecule has 0 spiro atoms. The summed E-state index contributed by atoms with van der Waals surface area (Å²) in [5.41, 5.74) is 4.89. The number of hydrogen-bond donors (Lipinski definition) is 3. The van der Waals surface area contributed by atoms with Gasteiger partial charge in [-0.05, 0) is 99.1 Å². The number of carbonyl (C=O) groups excluding carboxylic acids is 1. The standard InChI is InChI=1S/C38H47N3O4/c1-25(30-6-4-3-5-7-30)41(2)23-34-19-35(31-10-8-26(24-42)9-11-31)45-36(44-34)32-12-14-33(15-13-32)39-37(43)40-38-20-27-16-28(21-38)18-29(17-27)22-38/h3-15,25,27-29,34-36,42H,16-24H2,1-2H3,(H2,39,40,43)/t25-,27?,28?,29?,34-,35+,36+,38?/m0/s1. The van der Waals surface area contributed by atoms with E-state index in [1.807, 2.05) is 54.6 Å². The third-order valence-corrected chi connectivity index (χ3v) is 10.9. The molecule has 238 valence electrons. The molecular formula is C38H47N3O4. The van der Waals surface area contributed by atoms with Crippen molar-refractivity contribution in [3.63, 3.8) is 0 Å². The zero-order chi connectivity index (χ0) is 31.0. The molecule has 3 aromatic rings. The Morgan fingerprint density at radius 3 is 2.11 bits per heavy atom. The van der Waals surface area contributed by atoms with Crippen LogP contribution in [0.2, 0.25) is 0 Å². The van der Waals surface area contributed by atoms with E-state index in [1.54, 1.807) is 0 Å². The molecule has 3 aromatic carbocycles. The maximum absolute atomic E-state index is 13.1. The lowest BCUT2D eigenvalue weighted by molar-refractivity contribution is -0.253. The molecule has 4 saturated carbocycles. The van der Waals surface area contributed by atoms with Gasteiger partial charge < -0.3 is 25.2 Å². The molecule has 3 N–H and O–H groups in total. The van der Waals surface area contributed by atoms with Crippen LogP contribution < -0.4 is 10.6 Å². The lowest BCUT2D eigenvalue weighted by Gasteiger charge is -2.56. The number of benzene rings is 3. The van der Waals surface area contributed by atoms with Gasteiger partial charge in [-0.1, -0.05) is 66.7 Å². The molecule has 5 fully saturated rings. The molecule has 4 bridgehead atoms. The van der Waals surface area contributed by atoms with E-state index < -0.39 is 6.29 Å². The van der Waals surface area contributed by atoms with Gasteiger partial charge in [0.2, 0.25) is 0 Å². The minimum absolute atomic E-state index is 0.0171. The minimum Gasteiger partial charge on any atom is -0.392 e. The summed E-state index contributed by atoms with van der Waals surface area (Å²) in [7, 11) is 2.14. The quantitative estimate of drug-likeness (QED) is 0.234. The number of hydrogen-bond acceptors (Lipinski definition) is 5. The molecule has 1 aliphatic heterocycles. The lowest BCUT2D eigenvalue weighted by Crippen LogP contribution is -2.60. The second-order valence-electron chi connectivity index (χ2n) is 14.3. The Labute approximate surface area is 267 Å². The van der Waals surface area contributed by atoms with E-state index in [4.69, 9.17) is 9.47 Å². The number of anilines is 1. The number of rotatable bonds is 9. The van der Waals surface area contributed by atoms with Crippen LogP contribution in [0.4, 0.5) is 10.5 Å².